The predicted octanol–water partition coefficient (Wildman–Crippen LogP) is -0.230. The fourth-order valence-electron chi connectivity index (χ4n) is 2.86. The molecule has 6 atom stereocenters. The molecule has 2 heterocycles. The lowest BCUT2D eigenvalue weighted by Gasteiger charge is -2.53. The number of aliphatic hydroxyl groups excluding tert-OH is 2. The molecule has 0 saturated carbocycles. The summed E-state index contributed by atoms with van der Waals surface area (Å²) in [4.78, 5) is 22.5. The number of esters is 1. The predicted molar refractivity (Wildman–Crippen MR) is 70.2 cm³/mol. The molecule has 2 N–H and O–H groups in total. The van der Waals surface area contributed by atoms with E-state index in [-0.39, 0.29) is 30.8 Å². The lowest BCUT2D eigenvalue weighted by molar-refractivity contribution is -0.350. The van der Waals surface area contributed by atoms with Crippen LogP contribution in [0.2, 0.25) is 0 Å². The first kappa shape index (κ1) is 16.4. The van der Waals surface area contributed by atoms with Gasteiger partial charge in [0, 0.05) is 18.8 Å². The summed E-state index contributed by atoms with van der Waals surface area (Å²) in [6, 6.07) is 0. The fraction of sp³-hybridized carbons (Fsp3) is 0.857. The maximum atomic E-state index is 11.7. The molecule has 0 spiro atoms. The Morgan fingerprint density at radius 2 is 1.95 bits per heavy atom. The van der Waals surface area contributed by atoms with Crippen molar-refractivity contribution >= 4 is 11.8 Å². The summed E-state index contributed by atoms with van der Waals surface area (Å²) in [7, 11) is 0. The third-order valence-electron chi connectivity index (χ3n) is 3.98. The van der Waals surface area contributed by atoms with Crippen molar-refractivity contribution in [3.8, 4) is 0 Å². The topological polar surface area (TPSA) is 102 Å². The monoisotopic (exact) mass is 302 g/mol. The second-order valence-electron chi connectivity index (χ2n) is 5.64. The van der Waals surface area contributed by atoms with E-state index >= 15 is 0 Å². The minimum absolute atomic E-state index is 0.0109. The first-order valence-corrected chi connectivity index (χ1v) is 7.22. The van der Waals surface area contributed by atoms with Crippen molar-refractivity contribution < 1.29 is 34.0 Å². The zero-order chi connectivity index (χ0) is 15.6. The Hall–Kier alpha value is -1.02. The number of carbonyl (C=O) groups is 2. The highest BCUT2D eigenvalue weighted by atomic mass is 16.7. The van der Waals surface area contributed by atoms with Gasteiger partial charge in [0.25, 0.3) is 0 Å². The van der Waals surface area contributed by atoms with Crippen LogP contribution in [0, 0.1) is 5.92 Å². The molecule has 7 nitrogen and oxygen atoms in total. The van der Waals surface area contributed by atoms with E-state index in [1.807, 2.05) is 6.92 Å². The van der Waals surface area contributed by atoms with Crippen molar-refractivity contribution in [2.45, 2.75) is 63.8 Å². The molecule has 120 valence electrons. The summed E-state index contributed by atoms with van der Waals surface area (Å²) in [6.07, 6.45) is -2.51. The molecule has 2 aliphatic heterocycles. The summed E-state index contributed by atoms with van der Waals surface area (Å²) in [5.41, 5.74) is 0. The van der Waals surface area contributed by atoms with E-state index in [0.29, 0.717) is 12.8 Å². The SMILES string of the molecule is CC(=O)CCCC(=O)OC1OC(CO)C2C(C)OC2C1O. The van der Waals surface area contributed by atoms with Crippen LogP contribution in [-0.4, -0.2) is 59.3 Å². The van der Waals surface area contributed by atoms with Crippen LogP contribution in [0.1, 0.15) is 33.1 Å². The van der Waals surface area contributed by atoms with Gasteiger partial charge < -0.3 is 29.2 Å². The van der Waals surface area contributed by atoms with Gasteiger partial charge in [-0.25, -0.2) is 0 Å². The largest absolute Gasteiger partial charge is 0.433 e. The van der Waals surface area contributed by atoms with Crippen LogP contribution in [0.4, 0.5) is 0 Å². The van der Waals surface area contributed by atoms with Crippen molar-refractivity contribution in [1.82, 2.24) is 0 Å². The minimum Gasteiger partial charge on any atom is -0.433 e. The number of Topliss-reactive ketones (excluding diaryl/α,β-unsaturated/α-hetero) is 1. The van der Waals surface area contributed by atoms with E-state index in [1.54, 1.807) is 0 Å². The van der Waals surface area contributed by atoms with E-state index in [0.717, 1.165) is 0 Å². The van der Waals surface area contributed by atoms with Gasteiger partial charge in [0.15, 0.2) is 0 Å². The zero-order valence-corrected chi connectivity index (χ0v) is 12.2. The molecule has 0 radical (unpaired) electrons. The molecule has 0 aromatic rings. The average Bonchev–Trinajstić information content (AvgIpc) is 2.40. The lowest BCUT2D eigenvalue weighted by atomic mass is 9.80. The second kappa shape index (κ2) is 6.83. The normalized spacial score (nSPS) is 38.3. The number of carbonyl (C=O) groups excluding carboxylic acids is 2. The Kier molecular flexibility index (Phi) is 5.32. The van der Waals surface area contributed by atoms with Crippen molar-refractivity contribution in [2.75, 3.05) is 6.61 Å². The Labute approximate surface area is 123 Å². The number of ketones is 1. The Bertz CT molecular complexity index is 395. The third-order valence-corrected chi connectivity index (χ3v) is 3.98. The molecule has 0 aromatic heterocycles. The molecule has 2 aliphatic rings. The number of ether oxygens (including phenoxy) is 3. The highest BCUT2D eigenvalue weighted by Crippen LogP contribution is 2.40. The maximum absolute atomic E-state index is 11.7. The van der Waals surface area contributed by atoms with Crippen LogP contribution in [0.25, 0.3) is 0 Å². The first-order valence-electron chi connectivity index (χ1n) is 7.22. The Morgan fingerprint density at radius 1 is 1.24 bits per heavy atom. The van der Waals surface area contributed by atoms with E-state index in [1.165, 1.54) is 6.92 Å². The first-order chi connectivity index (χ1) is 9.93. The van der Waals surface area contributed by atoms with E-state index < -0.39 is 30.6 Å². The summed E-state index contributed by atoms with van der Waals surface area (Å²) < 4.78 is 16.0. The van der Waals surface area contributed by atoms with Crippen LogP contribution in [0.15, 0.2) is 0 Å². The fourth-order valence-corrected chi connectivity index (χ4v) is 2.86. The van der Waals surface area contributed by atoms with Crippen LogP contribution in [0.3, 0.4) is 0 Å². The molecule has 2 fully saturated rings. The lowest BCUT2D eigenvalue weighted by Crippen LogP contribution is -2.67. The number of hydrogen-bond donors (Lipinski definition) is 2. The quantitative estimate of drug-likeness (QED) is 0.653. The van der Waals surface area contributed by atoms with Gasteiger partial charge in [-0.2, -0.15) is 0 Å². The summed E-state index contributed by atoms with van der Waals surface area (Å²) >= 11 is 0. The molecule has 0 bridgehead atoms. The molecular weight excluding hydrogens is 280 g/mol. The van der Waals surface area contributed by atoms with Gasteiger partial charge in [-0.05, 0) is 20.3 Å². The molecule has 2 rings (SSSR count). The van der Waals surface area contributed by atoms with Gasteiger partial charge in [0.1, 0.15) is 11.9 Å². The third kappa shape index (κ3) is 3.60. The van der Waals surface area contributed by atoms with Gasteiger partial charge in [0.05, 0.1) is 24.9 Å². The molecule has 0 aromatic carbocycles. The number of fused-ring (bicyclic) bond motifs is 1. The second-order valence-corrected chi connectivity index (χ2v) is 5.64. The highest BCUT2D eigenvalue weighted by Gasteiger charge is 2.56. The van der Waals surface area contributed by atoms with Crippen molar-refractivity contribution in [3.63, 3.8) is 0 Å². The average molecular weight is 302 g/mol. The molecule has 6 unspecified atom stereocenters. The van der Waals surface area contributed by atoms with E-state index in [2.05, 4.69) is 0 Å². The number of rotatable bonds is 6. The minimum atomic E-state index is -1.14. The maximum Gasteiger partial charge on any atom is 0.308 e. The van der Waals surface area contributed by atoms with Crippen molar-refractivity contribution in [1.29, 1.82) is 0 Å². The van der Waals surface area contributed by atoms with E-state index in [9.17, 15) is 19.8 Å². The van der Waals surface area contributed by atoms with Gasteiger partial charge in [0.2, 0.25) is 6.29 Å². The van der Waals surface area contributed by atoms with Crippen LogP contribution < -0.4 is 0 Å². The number of hydrogen-bond acceptors (Lipinski definition) is 7. The summed E-state index contributed by atoms with van der Waals surface area (Å²) in [5.74, 6) is -0.628. The summed E-state index contributed by atoms with van der Waals surface area (Å²) in [6.45, 7) is 3.08. The standard InChI is InChI=1S/C14H22O7/c1-7(16)4-3-5-10(17)21-14-12(18)13-11(8(2)19-13)9(6-15)20-14/h8-9,11-15,18H,3-6H2,1-2H3. The van der Waals surface area contributed by atoms with Crippen molar-refractivity contribution in [2.24, 2.45) is 5.92 Å². The molecule has 0 aliphatic carbocycles. The van der Waals surface area contributed by atoms with Gasteiger partial charge in [-0.15, -0.1) is 0 Å². The van der Waals surface area contributed by atoms with Gasteiger partial charge >= 0.3 is 5.97 Å². The zero-order valence-electron chi connectivity index (χ0n) is 12.2. The smallest absolute Gasteiger partial charge is 0.308 e. The number of aliphatic hydroxyl groups is 2. The molecule has 0 amide bonds. The molecular formula is C14H22O7. The summed E-state index contributed by atoms with van der Waals surface area (Å²) in [5, 5.41) is 19.4. The van der Waals surface area contributed by atoms with Gasteiger partial charge in [-0.3, -0.25) is 4.79 Å². The van der Waals surface area contributed by atoms with Crippen LogP contribution in [-0.2, 0) is 23.8 Å². The van der Waals surface area contributed by atoms with E-state index in [4.69, 9.17) is 14.2 Å². The molecule has 7 heteroatoms. The van der Waals surface area contributed by atoms with Crippen molar-refractivity contribution in [3.05, 3.63) is 0 Å². The Morgan fingerprint density at radius 3 is 2.52 bits per heavy atom. The Balaban J connectivity index is 1.85. The van der Waals surface area contributed by atoms with Gasteiger partial charge in [-0.1, -0.05) is 0 Å². The molecule has 21 heavy (non-hydrogen) atoms. The highest BCUT2D eigenvalue weighted by molar-refractivity contribution is 5.76. The van der Waals surface area contributed by atoms with Crippen LogP contribution in [0.5, 0.6) is 0 Å². The van der Waals surface area contributed by atoms with Crippen LogP contribution >= 0.6 is 0 Å². The molecule has 2 saturated heterocycles.